The van der Waals surface area contributed by atoms with Crippen LogP contribution >= 0.6 is 0 Å². The predicted molar refractivity (Wildman–Crippen MR) is 115 cm³/mol. The van der Waals surface area contributed by atoms with Crippen LogP contribution in [0.3, 0.4) is 0 Å². The first-order valence-corrected chi connectivity index (χ1v) is 11.2. The van der Waals surface area contributed by atoms with E-state index in [9.17, 15) is 4.79 Å². The highest BCUT2D eigenvalue weighted by atomic mass is 16.1. The molecule has 0 saturated carbocycles. The first-order chi connectivity index (χ1) is 12.9. The molecule has 147 valence electrons. The smallest absolute Gasteiger partial charge is 0.198 e. The number of carbonyl (C=O) groups excluding carboxylic acids is 1. The fourth-order valence-corrected chi connectivity index (χ4v) is 3.03. The normalized spacial score (nSPS) is 9.88. The molecule has 0 aromatic rings. The average Bonchev–Trinajstić information content (AvgIpc) is 2.66. The largest absolute Gasteiger partial charge is 0.291 e. The van der Waals surface area contributed by atoms with Crippen LogP contribution in [0.4, 0.5) is 0 Å². The summed E-state index contributed by atoms with van der Waals surface area (Å²) >= 11 is 0. The second kappa shape index (κ2) is 23.8. The van der Waals surface area contributed by atoms with Crippen LogP contribution in [0.5, 0.6) is 0 Å². The Balaban J connectivity index is 3.23. The van der Waals surface area contributed by atoms with Gasteiger partial charge in [-0.25, -0.2) is 0 Å². The predicted octanol–water partition coefficient (Wildman–Crippen LogP) is 7.53. The van der Waals surface area contributed by atoms with E-state index in [0.29, 0.717) is 6.42 Å². The Morgan fingerprint density at radius 3 is 1.19 bits per heavy atom. The summed E-state index contributed by atoms with van der Waals surface area (Å²) in [5.41, 5.74) is 0. The van der Waals surface area contributed by atoms with E-state index in [0.717, 1.165) is 25.7 Å². The minimum atomic E-state index is 0.600. The minimum Gasteiger partial charge on any atom is -0.291 e. The molecule has 0 bridgehead atoms. The molecule has 1 nitrogen and oxygen atoms in total. The molecule has 1 radical (unpaired) electrons. The number of hydrogen-bond donors (Lipinski definition) is 0. The maximum Gasteiger partial charge on any atom is 0.198 e. The summed E-state index contributed by atoms with van der Waals surface area (Å²) in [6.45, 7) is 2.27. The summed E-state index contributed by atoms with van der Waals surface area (Å²) in [6.07, 6.45) is 25.3. The Labute approximate surface area is 164 Å². The van der Waals surface area contributed by atoms with Gasteiger partial charge in [0.2, 0.25) is 0 Å². The van der Waals surface area contributed by atoms with Crippen LogP contribution in [0.25, 0.3) is 0 Å². The van der Waals surface area contributed by atoms with Crippen LogP contribution in [-0.4, -0.2) is 6.29 Å². The van der Waals surface area contributed by atoms with E-state index in [2.05, 4.69) is 30.6 Å². The van der Waals surface area contributed by atoms with Crippen molar-refractivity contribution in [3.63, 3.8) is 0 Å². The van der Waals surface area contributed by atoms with E-state index in [4.69, 9.17) is 0 Å². The van der Waals surface area contributed by atoms with Crippen molar-refractivity contribution in [2.75, 3.05) is 0 Å². The summed E-state index contributed by atoms with van der Waals surface area (Å²) in [4.78, 5) is 10.1. The monoisotopic (exact) mass is 357 g/mol. The summed E-state index contributed by atoms with van der Waals surface area (Å²) in [6, 6.07) is 0. The molecule has 26 heavy (non-hydrogen) atoms. The molecule has 0 aliphatic heterocycles. The highest BCUT2D eigenvalue weighted by Crippen LogP contribution is 2.11. The van der Waals surface area contributed by atoms with Gasteiger partial charge in [-0.1, -0.05) is 102 Å². The highest BCUT2D eigenvalue weighted by Gasteiger charge is 1.92. The lowest BCUT2D eigenvalue weighted by molar-refractivity contribution is 0.541. The lowest BCUT2D eigenvalue weighted by Gasteiger charge is -2.00. The van der Waals surface area contributed by atoms with Crippen molar-refractivity contribution >= 4 is 6.29 Å². The van der Waals surface area contributed by atoms with Gasteiger partial charge in [0, 0.05) is 19.3 Å². The standard InChI is InChI=1S/C25H41O/c1-2-3-4-5-6-7-8-9-10-11-12-13-14-15-16-17-18-19-20-21-22-23-24-25-26/h2-12,17-24H2,1H3. The Hall–Kier alpha value is -1.21. The Morgan fingerprint density at radius 2 is 0.808 bits per heavy atom. The third-order valence-corrected chi connectivity index (χ3v) is 4.73. The van der Waals surface area contributed by atoms with E-state index in [1.807, 2.05) is 6.29 Å². The highest BCUT2D eigenvalue weighted by molar-refractivity contribution is 5.50. The van der Waals surface area contributed by atoms with Crippen molar-refractivity contribution < 1.29 is 4.79 Å². The van der Waals surface area contributed by atoms with Crippen molar-refractivity contribution in [1.82, 2.24) is 0 Å². The van der Waals surface area contributed by atoms with E-state index in [1.165, 1.54) is 89.9 Å². The number of unbranched alkanes of at least 4 members (excludes halogenated alkanes) is 17. The molecular formula is C25H41O. The van der Waals surface area contributed by atoms with Crippen LogP contribution < -0.4 is 0 Å². The molecule has 0 N–H and O–H groups in total. The molecule has 0 spiro atoms. The van der Waals surface area contributed by atoms with Crippen molar-refractivity contribution in [3.05, 3.63) is 0 Å². The number of hydrogen-bond acceptors (Lipinski definition) is 1. The summed E-state index contributed by atoms with van der Waals surface area (Å²) in [7, 11) is 0. The maximum absolute atomic E-state index is 10.1. The van der Waals surface area contributed by atoms with Gasteiger partial charge in [0.25, 0.3) is 0 Å². The first-order valence-electron chi connectivity index (χ1n) is 11.2. The third kappa shape index (κ3) is 22.8. The molecule has 0 unspecified atom stereocenters. The molecule has 0 aliphatic carbocycles. The first kappa shape index (κ1) is 24.8. The molecule has 0 atom stereocenters. The van der Waals surface area contributed by atoms with E-state index < -0.39 is 0 Å². The molecular weight excluding hydrogens is 316 g/mol. The van der Waals surface area contributed by atoms with Crippen LogP contribution in [-0.2, 0) is 4.79 Å². The zero-order valence-corrected chi connectivity index (χ0v) is 17.3. The molecule has 0 rings (SSSR count). The summed E-state index contributed by atoms with van der Waals surface area (Å²) < 4.78 is 0. The van der Waals surface area contributed by atoms with Gasteiger partial charge in [0.1, 0.15) is 0 Å². The molecule has 0 saturated heterocycles. The van der Waals surface area contributed by atoms with Crippen molar-refractivity contribution in [3.8, 4) is 23.7 Å². The summed E-state index contributed by atoms with van der Waals surface area (Å²) in [5.74, 6) is 12.3. The maximum atomic E-state index is 10.1. The zero-order valence-electron chi connectivity index (χ0n) is 17.3. The molecule has 0 aromatic heterocycles. The molecule has 0 heterocycles. The van der Waals surface area contributed by atoms with Crippen LogP contribution in [0.2, 0.25) is 0 Å². The van der Waals surface area contributed by atoms with Crippen molar-refractivity contribution in [2.24, 2.45) is 0 Å². The van der Waals surface area contributed by atoms with Gasteiger partial charge in [-0.05, 0) is 31.1 Å². The van der Waals surface area contributed by atoms with E-state index in [-0.39, 0.29) is 0 Å². The fourth-order valence-electron chi connectivity index (χ4n) is 3.03. The second-order valence-corrected chi connectivity index (χ2v) is 7.30. The van der Waals surface area contributed by atoms with E-state index >= 15 is 0 Å². The van der Waals surface area contributed by atoms with Gasteiger partial charge in [-0.15, -0.1) is 0 Å². The lowest BCUT2D eigenvalue weighted by atomic mass is 10.1. The lowest BCUT2D eigenvalue weighted by Crippen LogP contribution is -1.81. The zero-order chi connectivity index (χ0) is 19.0. The van der Waals surface area contributed by atoms with Crippen LogP contribution in [0.1, 0.15) is 129 Å². The topological polar surface area (TPSA) is 17.1 Å². The van der Waals surface area contributed by atoms with Gasteiger partial charge in [-0.3, -0.25) is 4.79 Å². The molecule has 0 amide bonds. The van der Waals surface area contributed by atoms with Crippen LogP contribution in [0.15, 0.2) is 0 Å². The van der Waals surface area contributed by atoms with Gasteiger partial charge < -0.3 is 0 Å². The van der Waals surface area contributed by atoms with Gasteiger partial charge >= 0.3 is 0 Å². The van der Waals surface area contributed by atoms with Gasteiger partial charge in [0.15, 0.2) is 6.29 Å². The quantitative estimate of drug-likeness (QED) is 0.183. The third-order valence-electron chi connectivity index (χ3n) is 4.73. The summed E-state index contributed by atoms with van der Waals surface area (Å²) in [5, 5.41) is 0. The van der Waals surface area contributed by atoms with Crippen molar-refractivity contribution in [2.45, 2.75) is 129 Å². The molecule has 0 aromatic carbocycles. The van der Waals surface area contributed by atoms with Crippen LogP contribution in [0, 0.1) is 23.7 Å². The Morgan fingerprint density at radius 1 is 0.462 bits per heavy atom. The van der Waals surface area contributed by atoms with Crippen molar-refractivity contribution in [1.29, 1.82) is 0 Å². The molecule has 1 heteroatoms. The van der Waals surface area contributed by atoms with E-state index in [1.54, 1.807) is 0 Å². The molecule has 0 fully saturated rings. The second-order valence-electron chi connectivity index (χ2n) is 7.30. The Kier molecular flexibility index (Phi) is 22.7. The van der Waals surface area contributed by atoms with Gasteiger partial charge in [-0.2, -0.15) is 0 Å². The fraction of sp³-hybridized carbons (Fsp3) is 0.800. The van der Waals surface area contributed by atoms with Gasteiger partial charge in [0.05, 0.1) is 0 Å². The SMILES string of the molecule is CCCCCCCCCCCCC#CC#CCCCCCCCC[C]=O. The average molecular weight is 358 g/mol. The number of rotatable bonds is 18. The molecule has 0 aliphatic rings. The minimum absolute atomic E-state index is 0.600. The Bertz CT molecular complexity index is 401.